The Bertz CT molecular complexity index is 999. The molecule has 0 spiro atoms. The molecule has 0 saturated carbocycles. The maximum Gasteiger partial charge on any atom is 0.244 e. The molecule has 0 aliphatic rings. The number of carbonyl (C=O) groups excluding carboxylic acids is 1. The number of hydrogen-bond acceptors (Lipinski definition) is 4. The second-order valence-electron chi connectivity index (χ2n) is 6.99. The van der Waals surface area contributed by atoms with E-state index in [0.717, 1.165) is 33.9 Å². The van der Waals surface area contributed by atoms with Crippen LogP contribution < -0.4 is 14.8 Å². The Hall–Kier alpha value is -3.60. The third kappa shape index (κ3) is 5.95. The van der Waals surface area contributed by atoms with Gasteiger partial charge in [0.1, 0.15) is 18.1 Å². The zero-order valence-electron chi connectivity index (χ0n) is 17.5. The highest BCUT2D eigenvalue weighted by atomic mass is 16.5. The summed E-state index contributed by atoms with van der Waals surface area (Å²) in [5, 5.41) is 2.98. The first-order chi connectivity index (χ1) is 14.5. The Balaban J connectivity index is 1.55. The van der Waals surface area contributed by atoms with Crippen LogP contribution in [0.3, 0.4) is 0 Å². The van der Waals surface area contributed by atoms with Crippen LogP contribution in [0.1, 0.15) is 35.3 Å². The molecular formula is C25H26N2O3. The number of benzene rings is 2. The molecule has 2 aromatic carbocycles. The van der Waals surface area contributed by atoms with Gasteiger partial charge in [0.15, 0.2) is 0 Å². The Morgan fingerprint density at radius 2 is 1.93 bits per heavy atom. The summed E-state index contributed by atoms with van der Waals surface area (Å²) >= 11 is 0. The summed E-state index contributed by atoms with van der Waals surface area (Å²) < 4.78 is 11.1. The number of aryl methyl sites for hydroxylation is 1. The maximum absolute atomic E-state index is 12.3. The Labute approximate surface area is 177 Å². The number of rotatable bonds is 8. The van der Waals surface area contributed by atoms with Gasteiger partial charge in [0.25, 0.3) is 0 Å². The van der Waals surface area contributed by atoms with Gasteiger partial charge in [0, 0.05) is 17.8 Å². The number of nitrogens with one attached hydrogen (secondary N) is 1. The fourth-order valence-corrected chi connectivity index (χ4v) is 3.02. The van der Waals surface area contributed by atoms with Crippen molar-refractivity contribution < 1.29 is 14.3 Å². The van der Waals surface area contributed by atoms with Gasteiger partial charge in [-0.1, -0.05) is 35.9 Å². The van der Waals surface area contributed by atoms with Crippen LogP contribution in [-0.4, -0.2) is 18.0 Å². The van der Waals surface area contributed by atoms with E-state index in [1.54, 1.807) is 19.4 Å². The fraction of sp³-hybridized carbons (Fsp3) is 0.200. The molecule has 1 N–H and O–H groups in total. The van der Waals surface area contributed by atoms with E-state index in [4.69, 9.17) is 9.47 Å². The van der Waals surface area contributed by atoms with Crippen LogP contribution in [0, 0.1) is 6.92 Å². The van der Waals surface area contributed by atoms with Gasteiger partial charge in [-0.2, -0.15) is 0 Å². The topological polar surface area (TPSA) is 60.5 Å². The predicted molar refractivity (Wildman–Crippen MR) is 118 cm³/mol. The van der Waals surface area contributed by atoms with Gasteiger partial charge < -0.3 is 14.8 Å². The average Bonchev–Trinajstić information content (AvgIpc) is 2.77. The molecule has 0 aliphatic heterocycles. The van der Waals surface area contributed by atoms with Crippen molar-refractivity contribution in [2.24, 2.45) is 0 Å². The number of pyridine rings is 1. The highest BCUT2D eigenvalue weighted by Crippen LogP contribution is 2.26. The highest BCUT2D eigenvalue weighted by Gasteiger charge is 2.13. The molecule has 0 aliphatic carbocycles. The van der Waals surface area contributed by atoms with E-state index in [2.05, 4.69) is 10.3 Å². The average molecular weight is 402 g/mol. The third-order valence-electron chi connectivity index (χ3n) is 4.63. The summed E-state index contributed by atoms with van der Waals surface area (Å²) in [5.74, 6) is 1.35. The van der Waals surface area contributed by atoms with Crippen molar-refractivity contribution in [2.45, 2.75) is 26.5 Å². The van der Waals surface area contributed by atoms with Crippen molar-refractivity contribution in [3.63, 3.8) is 0 Å². The molecule has 1 unspecified atom stereocenters. The van der Waals surface area contributed by atoms with Crippen LogP contribution in [0.15, 0.2) is 72.9 Å². The quantitative estimate of drug-likeness (QED) is 0.546. The van der Waals surface area contributed by atoms with Crippen molar-refractivity contribution in [3.05, 3.63) is 95.3 Å². The van der Waals surface area contributed by atoms with Crippen LogP contribution >= 0.6 is 0 Å². The third-order valence-corrected chi connectivity index (χ3v) is 4.63. The molecule has 3 rings (SSSR count). The lowest BCUT2D eigenvalue weighted by molar-refractivity contribution is -0.117. The standard InChI is InChI=1S/C25H26N2O3/c1-18-7-13-24(29-3)23(16-18)19(2)27-25(28)14-10-20-8-11-22(12-9-20)30-17-21-6-4-5-15-26-21/h4-16,19H,17H2,1-3H3,(H,27,28)/b14-10+. The van der Waals surface area contributed by atoms with E-state index in [1.165, 1.54) is 6.08 Å². The van der Waals surface area contributed by atoms with Crippen LogP contribution in [0.5, 0.6) is 11.5 Å². The lowest BCUT2D eigenvalue weighted by atomic mass is 10.0. The summed E-state index contributed by atoms with van der Waals surface area (Å²) in [6, 6.07) is 19.1. The monoisotopic (exact) mass is 402 g/mol. The largest absolute Gasteiger partial charge is 0.496 e. The number of aromatic nitrogens is 1. The van der Waals surface area contributed by atoms with Gasteiger partial charge >= 0.3 is 0 Å². The molecule has 0 saturated heterocycles. The molecule has 5 heteroatoms. The van der Waals surface area contributed by atoms with Gasteiger partial charge in [0.2, 0.25) is 5.91 Å². The van der Waals surface area contributed by atoms with E-state index in [9.17, 15) is 4.79 Å². The van der Waals surface area contributed by atoms with Crippen molar-refractivity contribution >= 4 is 12.0 Å². The lowest BCUT2D eigenvalue weighted by Gasteiger charge is -2.17. The SMILES string of the molecule is COc1ccc(C)cc1C(C)NC(=O)/C=C/c1ccc(OCc2ccccn2)cc1. The first-order valence-electron chi connectivity index (χ1n) is 9.81. The zero-order valence-corrected chi connectivity index (χ0v) is 17.5. The number of ether oxygens (including phenoxy) is 2. The second-order valence-corrected chi connectivity index (χ2v) is 6.99. The molecule has 30 heavy (non-hydrogen) atoms. The molecule has 1 amide bonds. The second kappa shape index (κ2) is 10.3. The molecular weight excluding hydrogens is 376 g/mol. The molecule has 3 aromatic rings. The van der Waals surface area contributed by atoms with Crippen molar-refractivity contribution in [1.82, 2.24) is 10.3 Å². The first kappa shape index (κ1) is 21.1. The summed E-state index contributed by atoms with van der Waals surface area (Å²) in [4.78, 5) is 16.6. The molecule has 1 heterocycles. The van der Waals surface area contributed by atoms with E-state index >= 15 is 0 Å². The molecule has 1 atom stereocenters. The number of methoxy groups -OCH3 is 1. The summed E-state index contributed by atoms with van der Waals surface area (Å²) in [6.07, 6.45) is 5.05. The van der Waals surface area contributed by atoms with Crippen molar-refractivity contribution in [1.29, 1.82) is 0 Å². The smallest absolute Gasteiger partial charge is 0.244 e. The molecule has 1 aromatic heterocycles. The number of amides is 1. The number of carbonyl (C=O) groups is 1. The van der Waals surface area contributed by atoms with Crippen LogP contribution in [0.2, 0.25) is 0 Å². The molecule has 0 bridgehead atoms. The zero-order chi connectivity index (χ0) is 21.3. The lowest BCUT2D eigenvalue weighted by Crippen LogP contribution is -2.25. The van der Waals surface area contributed by atoms with Gasteiger partial charge in [-0.3, -0.25) is 9.78 Å². The summed E-state index contributed by atoms with van der Waals surface area (Å²) in [5.41, 5.74) is 3.86. The maximum atomic E-state index is 12.3. The van der Waals surface area contributed by atoms with Gasteiger partial charge in [-0.15, -0.1) is 0 Å². The Morgan fingerprint density at radius 1 is 1.13 bits per heavy atom. The molecule has 0 radical (unpaired) electrons. The minimum Gasteiger partial charge on any atom is -0.496 e. The van der Waals surface area contributed by atoms with Crippen LogP contribution in [0.25, 0.3) is 6.08 Å². The predicted octanol–water partition coefficient (Wildman–Crippen LogP) is 4.87. The van der Waals surface area contributed by atoms with E-state index in [1.807, 2.05) is 74.5 Å². The molecule has 0 fully saturated rings. The molecule has 5 nitrogen and oxygen atoms in total. The van der Waals surface area contributed by atoms with E-state index < -0.39 is 0 Å². The van der Waals surface area contributed by atoms with Gasteiger partial charge in [-0.05, 0) is 55.8 Å². The first-order valence-corrected chi connectivity index (χ1v) is 9.81. The Morgan fingerprint density at radius 3 is 2.63 bits per heavy atom. The normalized spacial score (nSPS) is 11.8. The summed E-state index contributed by atoms with van der Waals surface area (Å²) in [7, 11) is 1.63. The van der Waals surface area contributed by atoms with E-state index in [-0.39, 0.29) is 11.9 Å². The minimum absolute atomic E-state index is 0.165. The minimum atomic E-state index is -0.167. The van der Waals surface area contributed by atoms with Crippen LogP contribution in [-0.2, 0) is 11.4 Å². The number of hydrogen-bond donors (Lipinski definition) is 1. The van der Waals surface area contributed by atoms with Crippen molar-refractivity contribution in [3.8, 4) is 11.5 Å². The van der Waals surface area contributed by atoms with E-state index in [0.29, 0.717) is 6.61 Å². The fourth-order valence-electron chi connectivity index (χ4n) is 3.02. The highest BCUT2D eigenvalue weighted by molar-refractivity contribution is 5.92. The van der Waals surface area contributed by atoms with Gasteiger partial charge in [0.05, 0.1) is 18.8 Å². The number of nitrogens with zero attached hydrogens (tertiary/aromatic N) is 1. The summed E-state index contributed by atoms with van der Waals surface area (Å²) in [6.45, 7) is 4.37. The van der Waals surface area contributed by atoms with Gasteiger partial charge in [-0.25, -0.2) is 0 Å². The van der Waals surface area contributed by atoms with Crippen LogP contribution in [0.4, 0.5) is 0 Å². The van der Waals surface area contributed by atoms with Crippen molar-refractivity contribution in [2.75, 3.05) is 7.11 Å². The molecule has 154 valence electrons. The Kier molecular flexibility index (Phi) is 7.22.